The minimum Gasteiger partial charge on any atom is -0.459 e. The molecule has 126 valence electrons. The van der Waals surface area contributed by atoms with Crippen molar-refractivity contribution in [2.24, 2.45) is 10.2 Å². The summed E-state index contributed by atoms with van der Waals surface area (Å²) in [6, 6.07) is 12.4. The molecule has 0 unspecified atom stereocenters. The molecule has 0 saturated heterocycles. The van der Waals surface area contributed by atoms with E-state index in [1.807, 2.05) is 0 Å². The largest absolute Gasteiger partial charge is 0.459 e. The third-order valence-electron chi connectivity index (χ3n) is 3.09. The first-order valence-electron chi connectivity index (χ1n) is 7.18. The standard InChI is InChI=1S/C17H11ClF2N4O/c18-13-3-1-2-4-15(13)23-24-16-14(20)9-21-17(22-16)25-10-11-5-7-12(19)8-6-11/h1-9H,10H2. The van der Waals surface area contributed by atoms with E-state index in [2.05, 4.69) is 20.2 Å². The molecule has 1 aromatic heterocycles. The van der Waals surface area contributed by atoms with Crippen molar-refractivity contribution in [3.8, 4) is 6.01 Å². The van der Waals surface area contributed by atoms with Crippen LogP contribution in [0.1, 0.15) is 5.56 Å². The molecular weight excluding hydrogens is 350 g/mol. The summed E-state index contributed by atoms with van der Waals surface area (Å²) in [6.07, 6.45) is 0.938. The van der Waals surface area contributed by atoms with Crippen molar-refractivity contribution in [3.05, 3.63) is 76.9 Å². The van der Waals surface area contributed by atoms with E-state index >= 15 is 0 Å². The highest BCUT2D eigenvalue weighted by Gasteiger charge is 2.08. The van der Waals surface area contributed by atoms with Crippen molar-refractivity contribution in [1.29, 1.82) is 0 Å². The molecule has 0 atom stereocenters. The first-order valence-corrected chi connectivity index (χ1v) is 7.55. The second kappa shape index (κ2) is 7.76. The van der Waals surface area contributed by atoms with Crippen LogP contribution >= 0.6 is 11.6 Å². The zero-order valence-electron chi connectivity index (χ0n) is 12.7. The minimum absolute atomic E-state index is 0.0705. The number of benzene rings is 2. The highest BCUT2D eigenvalue weighted by molar-refractivity contribution is 6.32. The normalized spacial score (nSPS) is 11.0. The number of aromatic nitrogens is 2. The second-order valence-corrected chi connectivity index (χ2v) is 5.30. The number of ether oxygens (including phenoxy) is 1. The van der Waals surface area contributed by atoms with Gasteiger partial charge in [-0.05, 0) is 29.8 Å². The third-order valence-corrected chi connectivity index (χ3v) is 3.41. The Morgan fingerprint density at radius 1 is 1.00 bits per heavy atom. The molecule has 0 radical (unpaired) electrons. The highest BCUT2D eigenvalue weighted by atomic mass is 35.5. The van der Waals surface area contributed by atoms with E-state index in [9.17, 15) is 8.78 Å². The van der Waals surface area contributed by atoms with Gasteiger partial charge in [-0.25, -0.2) is 13.8 Å². The highest BCUT2D eigenvalue weighted by Crippen LogP contribution is 2.26. The van der Waals surface area contributed by atoms with E-state index in [-0.39, 0.29) is 24.3 Å². The Morgan fingerprint density at radius 3 is 2.52 bits per heavy atom. The molecule has 2 aromatic carbocycles. The molecule has 0 aliphatic carbocycles. The Bertz CT molecular complexity index is 903. The quantitative estimate of drug-likeness (QED) is 0.572. The van der Waals surface area contributed by atoms with Crippen LogP contribution in [0.4, 0.5) is 20.3 Å². The van der Waals surface area contributed by atoms with Gasteiger partial charge in [-0.1, -0.05) is 35.9 Å². The van der Waals surface area contributed by atoms with Crippen LogP contribution in [0.5, 0.6) is 6.01 Å². The van der Waals surface area contributed by atoms with Crippen LogP contribution in [0.2, 0.25) is 5.02 Å². The van der Waals surface area contributed by atoms with Crippen molar-refractivity contribution < 1.29 is 13.5 Å². The second-order valence-electron chi connectivity index (χ2n) is 4.89. The van der Waals surface area contributed by atoms with Crippen LogP contribution in [0.3, 0.4) is 0 Å². The minimum atomic E-state index is -0.745. The Labute approximate surface area is 147 Å². The molecule has 8 heteroatoms. The van der Waals surface area contributed by atoms with E-state index in [1.165, 1.54) is 12.1 Å². The molecule has 0 N–H and O–H groups in total. The molecular formula is C17H11ClF2N4O. The Kier molecular flexibility index (Phi) is 5.25. The van der Waals surface area contributed by atoms with Gasteiger partial charge in [0.1, 0.15) is 18.1 Å². The van der Waals surface area contributed by atoms with Gasteiger partial charge in [0.15, 0.2) is 5.82 Å². The van der Waals surface area contributed by atoms with Crippen molar-refractivity contribution in [1.82, 2.24) is 9.97 Å². The maximum absolute atomic E-state index is 13.8. The van der Waals surface area contributed by atoms with Crippen LogP contribution < -0.4 is 4.74 Å². The predicted octanol–water partition coefficient (Wildman–Crippen LogP) is 5.40. The van der Waals surface area contributed by atoms with Gasteiger partial charge in [0.25, 0.3) is 0 Å². The molecule has 25 heavy (non-hydrogen) atoms. The van der Waals surface area contributed by atoms with E-state index in [1.54, 1.807) is 36.4 Å². The van der Waals surface area contributed by atoms with E-state index in [0.29, 0.717) is 16.3 Å². The van der Waals surface area contributed by atoms with Crippen LogP contribution in [-0.2, 0) is 6.61 Å². The van der Waals surface area contributed by atoms with Gasteiger partial charge >= 0.3 is 6.01 Å². The van der Waals surface area contributed by atoms with Crippen molar-refractivity contribution in [2.75, 3.05) is 0 Å². The maximum Gasteiger partial charge on any atom is 0.318 e. The Morgan fingerprint density at radius 2 is 1.76 bits per heavy atom. The zero-order chi connectivity index (χ0) is 17.6. The molecule has 0 fully saturated rings. The summed E-state index contributed by atoms with van der Waals surface area (Å²) in [5.41, 5.74) is 1.10. The molecule has 0 saturated carbocycles. The van der Waals surface area contributed by atoms with Gasteiger partial charge in [-0.15, -0.1) is 10.2 Å². The molecule has 0 spiro atoms. The number of hydrogen-bond acceptors (Lipinski definition) is 5. The van der Waals surface area contributed by atoms with Gasteiger partial charge in [0.05, 0.1) is 11.2 Å². The monoisotopic (exact) mass is 360 g/mol. The molecule has 3 rings (SSSR count). The lowest BCUT2D eigenvalue weighted by Crippen LogP contribution is -2.00. The first-order chi connectivity index (χ1) is 12.1. The fourth-order valence-corrected chi connectivity index (χ4v) is 2.02. The molecule has 0 aliphatic rings. The summed E-state index contributed by atoms with van der Waals surface area (Å²) in [5.74, 6) is -1.36. The molecule has 0 aliphatic heterocycles. The van der Waals surface area contributed by atoms with Crippen molar-refractivity contribution in [3.63, 3.8) is 0 Å². The number of nitrogens with zero attached hydrogens (tertiary/aromatic N) is 4. The molecule has 0 bridgehead atoms. The number of azo groups is 1. The zero-order valence-corrected chi connectivity index (χ0v) is 13.5. The fraction of sp³-hybridized carbons (Fsp3) is 0.0588. The average molecular weight is 361 g/mol. The third kappa shape index (κ3) is 4.54. The van der Waals surface area contributed by atoms with Crippen LogP contribution in [0, 0.1) is 11.6 Å². The number of hydrogen-bond donors (Lipinski definition) is 0. The van der Waals surface area contributed by atoms with Gasteiger partial charge in [-0.2, -0.15) is 4.98 Å². The van der Waals surface area contributed by atoms with Crippen LogP contribution in [0.15, 0.2) is 65.0 Å². The maximum atomic E-state index is 13.8. The Hall–Kier alpha value is -2.93. The smallest absolute Gasteiger partial charge is 0.318 e. The number of rotatable bonds is 5. The van der Waals surface area contributed by atoms with Gasteiger partial charge < -0.3 is 4.74 Å². The topological polar surface area (TPSA) is 59.7 Å². The predicted molar refractivity (Wildman–Crippen MR) is 88.4 cm³/mol. The van der Waals surface area contributed by atoms with Gasteiger partial charge in [-0.3, -0.25) is 0 Å². The summed E-state index contributed by atoms with van der Waals surface area (Å²) >= 11 is 5.96. The lowest BCUT2D eigenvalue weighted by Gasteiger charge is -2.05. The SMILES string of the molecule is Fc1ccc(COc2ncc(F)c(N=Nc3ccccc3Cl)n2)cc1. The lowest BCUT2D eigenvalue weighted by atomic mass is 10.2. The summed E-state index contributed by atoms with van der Waals surface area (Å²) in [4.78, 5) is 7.60. The van der Waals surface area contributed by atoms with Crippen molar-refractivity contribution >= 4 is 23.1 Å². The van der Waals surface area contributed by atoms with E-state index in [4.69, 9.17) is 16.3 Å². The molecule has 1 heterocycles. The number of halogens is 3. The summed E-state index contributed by atoms with van der Waals surface area (Å²) < 4.78 is 32.0. The molecule has 0 amide bonds. The summed E-state index contributed by atoms with van der Waals surface area (Å²) in [7, 11) is 0. The summed E-state index contributed by atoms with van der Waals surface area (Å²) in [6.45, 7) is 0.104. The van der Waals surface area contributed by atoms with Gasteiger partial charge in [0, 0.05) is 0 Å². The average Bonchev–Trinajstić information content (AvgIpc) is 2.62. The van der Waals surface area contributed by atoms with E-state index in [0.717, 1.165) is 6.20 Å². The summed E-state index contributed by atoms with van der Waals surface area (Å²) in [5, 5.41) is 8.00. The Balaban J connectivity index is 1.74. The first kappa shape index (κ1) is 16.9. The fourth-order valence-electron chi connectivity index (χ4n) is 1.84. The molecule has 5 nitrogen and oxygen atoms in total. The van der Waals surface area contributed by atoms with Crippen LogP contribution in [-0.4, -0.2) is 9.97 Å². The van der Waals surface area contributed by atoms with Gasteiger partial charge in [0.2, 0.25) is 5.82 Å². The molecule has 3 aromatic rings. The lowest BCUT2D eigenvalue weighted by molar-refractivity contribution is 0.279. The van der Waals surface area contributed by atoms with Crippen LogP contribution in [0.25, 0.3) is 0 Å². The van der Waals surface area contributed by atoms with Crippen molar-refractivity contribution in [2.45, 2.75) is 6.61 Å². The van der Waals surface area contributed by atoms with E-state index < -0.39 is 5.82 Å².